The van der Waals surface area contributed by atoms with E-state index >= 15 is 0 Å². The first-order chi connectivity index (χ1) is 9.65. The number of hydrogen-bond donors (Lipinski definition) is 1. The number of nitrogens with one attached hydrogen (secondary N) is 1. The third kappa shape index (κ3) is 2.92. The highest BCUT2D eigenvalue weighted by molar-refractivity contribution is 6.29. The summed E-state index contributed by atoms with van der Waals surface area (Å²) in [6.07, 6.45) is 0.954. The topological polar surface area (TPSA) is 47.0 Å². The zero-order valence-electron chi connectivity index (χ0n) is 11.3. The first kappa shape index (κ1) is 13.3. The van der Waals surface area contributed by atoms with Gasteiger partial charge in [-0.3, -0.25) is 0 Å². The third-order valence-corrected chi connectivity index (χ3v) is 3.57. The third-order valence-electron chi connectivity index (χ3n) is 3.38. The zero-order chi connectivity index (χ0) is 14.0. The van der Waals surface area contributed by atoms with E-state index in [0.29, 0.717) is 17.6 Å². The predicted molar refractivity (Wildman–Crippen MR) is 79.9 cm³/mol. The van der Waals surface area contributed by atoms with Crippen LogP contribution in [0.25, 0.3) is 11.4 Å². The van der Waals surface area contributed by atoms with Crippen molar-refractivity contribution in [2.45, 2.75) is 18.9 Å². The van der Waals surface area contributed by atoms with Crippen molar-refractivity contribution in [1.82, 2.24) is 9.97 Å². The van der Waals surface area contributed by atoms with E-state index in [1.165, 1.54) is 0 Å². The molecule has 1 N–H and O–H groups in total. The number of ether oxygens (including phenoxy) is 1. The minimum Gasteiger partial charge on any atom is -0.379 e. The quantitative estimate of drug-likeness (QED) is 0.880. The Balaban J connectivity index is 1.91. The fourth-order valence-electron chi connectivity index (χ4n) is 2.27. The monoisotopic (exact) mass is 289 g/mol. The second-order valence-corrected chi connectivity index (χ2v) is 5.64. The maximum Gasteiger partial charge on any atom is 0.163 e. The van der Waals surface area contributed by atoms with Crippen LogP contribution in [0.1, 0.15) is 13.3 Å². The van der Waals surface area contributed by atoms with Gasteiger partial charge in [0.25, 0.3) is 0 Å². The molecule has 0 bridgehead atoms. The second kappa shape index (κ2) is 5.38. The highest BCUT2D eigenvalue weighted by atomic mass is 35.5. The number of benzene rings is 1. The molecule has 1 fully saturated rings. The van der Waals surface area contributed by atoms with Crippen molar-refractivity contribution in [3.63, 3.8) is 0 Å². The van der Waals surface area contributed by atoms with Crippen LogP contribution in [0.4, 0.5) is 5.82 Å². The van der Waals surface area contributed by atoms with Crippen LogP contribution in [0.3, 0.4) is 0 Å². The number of rotatable bonds is 3. The SMILES string of the molecule is CC1(Nc2cc(Cl)nc(-c3ccccc3)n2)CCOC1. The first-order valence-electron chi connectivity index (χ1n) is 6.61. The van der Waals surface area contributed by atoms with Crippen LogP contribution in [0.15, 0.2) is 36.4 Å². The van der Waals surface area contributed by atoms with Gasteiger partial charge in [0.1, 0.15) is 11.0 Å². The Bertz CT molecular complexity index is 597. The van der Waals surface area contributed by atoms with Gasteiger partial charge in [-0.05, 0) is 13.3 Å². The average molecular weight is 290 g/mol. The van der Waals surface area contributed by atoms with Gasteiger partial charge in [-0.2, -0.15) is 0 Å². The molecule has 3 rings (SSSR count). The van der Waals surface area contributed by atoms with Crippen LogP contribution in [0.5, 0.6) is 0 Å². The first-order valence-corrected chi connectivity index (χ1v) is 6.98. The van der Waals surface area contributed by atoms with Gasteiger partial charge in [-0.25, -0.2) is 9.97 Å². The van der Waals surface area contributed by atoms with Gasteiger partial charge in [0.2, 0.25) is 0 Å². The summed E-state index contributed by atoms with van der Waals surface area (Å²) in [5, 5.41) is 3.84. The number of hydrogen-bond acceptors (Lipinski definition) is 4. The Hall–Kier alpha value is -1.65. The molecule has 1 aromatic carbocycles. The van der Waals surface area contributed by atoms with Crippen LogP contribution < -0.4 is 5.32 Å². The molecular weight excluding hydrogens is 274 g/mol. The fourth-order valence-corrected chi connectivity index (χ4v) is 2.46. The zero-order valence-corrected chi connectivity index (χ0v) is 12.0. The Morgan fingerprint density at radius 3 is 2.75 bits per heavy atom. The maximum atomic E-state index is 6.11. The maximum absolute atomic E-state index is 6.11. The summed E-state index contributed by atoms with van der Waals surface area (Å²) in [6, 6.07) is 11.6. The molecule has 104 valence electrons. The van der Waals surface area contributed by atoms with Gasteiger partial charge in [0.05, 0.1) is 12.1 Å². The Labute approximate surface area is 123 Å². The summed E-state index contributed by atoms with van der Waals surface area (Å²) in [6.45, 7) is 3.57. The second-order valence-electron chi connectivity index (χ2n) is 5.25. The molecule has 1 atom stereocenters. The van der Waals surface area contributed by atoms with E-state index in [0.717, 1.165) is 24.4 Å². The molecular formula is C15H16ClN3O. The lowest BCUT2D eigenvalue weighted by molar-refractivity contribution is 0.185. The van der Waals surface area contributed by atoms with Crippen molar-refractivity contribution in [1.29, 1.82) is 0 Å². The highest BCUT2D eigenvalue weighted by Gasteiger charge is 2.30. The van der Waals surface area contributed by atoms with E-state index < -0.39 is 0 Å². The average Bonchev–Trinajstić information content (AvgIpc) is 2.85. The molecule has 20 heavy (non-hydrogen) atoms. The summed E-state index contributed by atoms with van der Waals surface area (Å²) >= 11 is 6.11. The van der Waals surface area contributed by atoms with E-state index in [1.54, 1.807) is 6.07 Å². The van der Waals surface area contributed by atoms with Gasteiger partial charge < -0.3 is 10.1 Å². The fraction of sp³-hybridized carbons (Fsp3) is 0.333. The molecule has 2 heterocycles. The van der Waals surface area contributed by atoms with Gasteiger partial charge >= 0.3 is 0 Å². The number of aromatic nitrogens is 2. The summed E-state index contributed by atoms with van der Waals surface area (Å²) in [7, 11) is 0. The van der Waals surface area contributed by atoms with Crippen molar-refractivity contribution in [3.8, 4) is 11.4 Å². The number of nitrogens with zero attached hydrogens (tertiary/aromatic N) is 2. The molecule has 1 saturated heterocycles. The van der Waals surface area contributed by atoms with E-state index in [-0.39, 0.29) is 5.54 Å². The smallest absolute Gasteiger partial charge is 0.163 e. The van der Waals surface area contributed by atoms with Crippen LogP contribution in [0.2, 0.25) is 5.15 Å². The van der Waals surface area contributed by atoms with Crippen molar-refractivity contribution < 1.29 is 4.74 Å². The van der Waals surface area contributed by atoms with E-state index in [9.17, 15) is 0 Å². The van der Waals surface area contributed by atoms with Crippen molar-refractivity contribution in [2.75, 3.05) is 18.5 Å². The molecule has 4 nitrogen and oxygen atoms in total. The summed E-state index contributed by atoms with van der Waals surface area (Å²) in [5.74, 6) is 1.36. The van der Waals surface area contributed by atoms with Crippen molar-refractivity contribution in [2.24, 2.45) is 0 Å². The Morgan fingerprint density at radius 2 is 2.05 bits per heavy atom. The van der Waals surface area contributed by atoms with E-state index in [2.05, 4.69) is 22.2 Å². The lowest BCUT2D eigenvalue weighted by Gasteiger charge is -2.24. The Morgan fingerprint density at radius 1 is 1.25 bits per heavy atom. The minimum absolute atomic E-state index is 0.0916. The summed E-state index contributed by atoms with van der Waals surface area (Å²) in [5.41, 5.74) is 0.858. The predicted octanol–water partition coefficient (Wildman–Crippen LogP) is 3.39. The molecule has 0 amide bonds. The minimum atomic E-state index is -0.0916. The van der Waals surface area contributed by atoms with Crippen LogP contribution >= 0.6 is 11.6 Å². The largest absolute Gasteiger partial charge is 0.379 e. The van der Waals surface area contributed by atoms with Gasteiger partial charge in [0, 0.05) is 18.2 Å². The molecule has 0 spiro atoms. The van der Waals surface area contributed by atoms with Crippen molar-refractivity contribution in [3.05, 3.63) is 41.6 Å². The summed E-state index contributed by atoms with van der Waals surface area (Å²) in [4.78, 5) is 8.83. The molecule has 0 saturated carbocycles. The summed E-state index contributed by atoms with van der Waals surface area (Å²) < 4.78 is 5.44. The number of halogens is 1. The highest BCUT2D eigenvalue weighted by Crippen LogP contribution is 2.26. The molecule has 1 aliphatic heterocycles. The molecule has 1 aromatic heterocycles. The number of anilines is 1. The standard InChI is InChI=1S/C15H16ClN3O/c1-15(7-8-20-10-15)19-13-9-12(16)17-14(18-13)11-5-3-2-4-6-11/h2-6,9H,7-8,10H2,1H3,(H,17,18,19). The molecule has 5 heteroatoms. The lowest BCUT2D eigenvalue weighted by atomic mass is 10.0. The normalized spacial score (nSPS) is 21.9. The lowest BCUT2D eigenvalue weighted by Crippen LogP contribution is -2.35. The molecule has 0 aliphatic carbocycles. The van der Waals surface area contributed by atoms with E-state index in [1.807, 2.05) is 30.3 Å². The van der Waals surface area contributed by atoms with E-state index in [4.69, 9.17) is 16.3 Å². The van der Waals surface area contributed by atoms with Crippen LogP contribution in [0, 0.1) is 0 Å². The molecule has 0 radical (unpaired) electrons. The van der Waals surface area contributed by atoms with Gasteiger partial charge in [-0.15, -0.1) is 0 Å². The van der Waals surface area contributed by atoms with Gasteiger partial charge in [-0.1, -0.05) is 41.9 Å². The molecule has 1 unspecified atom stereocenters. The van der Waals surface area contributed by atoms with Gasteiger partial charge in [0.15, 0.2) is 5.82 Å². The van der Waals surface area contributed by atoms with Crippen LogP contribution in [-0.2, 0) is 4.74 Å². The van der Waals surface area contributed by atoms with Crippen LogP contribution in [-0.4, -0.2) is 28.7 Å². The van der Waals surface area contributed by atoms with Crippen molar-refractivity contribution >= 4 is 17.4 Å². The molecule has 2 aromatic rings. The molecule has 1 aliphatic rings. The Kier molecular flexibility index (Phi) is 3.59.